The average molecular weight is 680 g/mol. The zero-order chi connectivity index (χ0) is 33.6. The Morgan fingerprint density at radius 3 is 1.98 bits per heavy atom. The quantitative estimate of drug-likeness (QED) is 0.0716. The third-order valence-corrected chi connectivity index (χ3v) is 11.5. The molecule has 10 heteroatoms. The van der Waals surface area contributed by atoms with E-state index in [1.165, 1.54) is 37.3 Å². The normalized spacial score (nSPS) is 14.9. The molecule has 0 fully saturated rings. The van der Waals surface area contributed by atoms with Crippen molar-refractivity contribution in [1.82, 2.24) is 4.57 Å². The van der Waals surface area contributed by atoms with E-state index < -0.39 is 28.7 Å². The second kappa shape index (κ2) is 10.8. The van der Waals surface area contributed by atoms with E-state index in [2.05, 4.69) is 83.0 Å². The number of phenols is 5. The topological polar surface area (TPSA) is 131 Å². The number of thioether (sulfide) groups is 1. The number of hydrogen-bond donors (Lipinski definition) is 5. The third-order valence-electron chi connectivity index (χ3n) is 9.17. The second-order valence-electron chi connectivity index (χ2n) is 11.7. The minimum Gasteiger partial charge on any atom is -0.504 e. The summed E-state index contributed by atoms with van der Waals surface area (Å²) in [5.41, 5.74) is 3.06. The van der Waals surface area contributed by atoms with Crippen LogP contribution in [0.2, 0.25) is 0 Å². The number of thiophene rings is 1. The molecular formula is C39H25N3O5S2. The number of aliphatic imine (C=N–C) groups is 2. The predicted molar refractivity (Wildman–Crippen MR) is 200 cm³/mol. The third kappa shape index (κ3) is 4.05. The molecule has 0 radical (unpaired) electrons. The van der Waals surface area contributed by atoms with Crippen LogP contribution in [0.25, 0.3) is 58.4 Å². The molecule has 5 N–H and O–H groups in total. The molecule has 0 atom stereocenters. The van der Waals surface area contributed by atoms with Crippen LogP contribution < -0.4 is 0 Å². The molecule has 3 heterocycles. The Morgan fingerprint density at radius 2 is 1.24 bits per heavy atom. The minimum absolute atomic E-state index is 0.0133. The zero-order valence-corrected chi connectivity index (χ0v) is 27.2. The van der Waals surface area contributed by atoms with Gasteiger partial charge < -0.3 is 30.1 Å². The first-order chi connectivity index (χ1) is 23.9. The van der Waals surface area contributed by atoms with Gasteiger partial charge in [-0.2, -0.15) is 0 Å². The van der Waals surface area contributed by atoms with E-state index in [4.69, 9.17) is 4.99 Å². The van der Waals surface area contributed by atoms with Crippen molar-refractivity contribution in [1.29, 1.82) is 0 Å². The first-order valence-electron chi connectivity index (χ1n) is 15.3. The SMILES string of the molecule is C=N/C(=C1/Sc2ccccc2/C1=N/Cn1c2ccccc2c2c3ccccc3c3c4ccccc4sc3c21)c1c(O)c(O)c(O)c(O)c1O. The van der Waals surface area contributed by atoms with E-state index >= 15 is 0 Å². The van der Waals surface area contributed by atoms with Crippen molar-refractivity contribution in [3.8, 4) is 28.7 Å². The minimum atomic E-state index is -1.05. The number of aromatic hydroxyl groups is 5. The summed E-state index contributed by atoms with van der Waals surface area (Å²) in [6.45, 7) is 3.91. The predicted octanol–water partition coefficient (Wildman–Crippen LogP) is 9.47. The molecule has 0 saturated heterocycles. The molecule has 6 aromatic carbocycles. The first kappa shape index (κ1) is 29.2. The van der Waals surface area contributed by atoms with Crippen molar-refractivity contribution in [2.45, 2.75) is 11.6 Å². The summed E-state index contributed by atoms with van der Waals surface area (Å²) in [5, 5.41) is 59.5. The van der Waals surface area contributed by atoms with Gasteiger partial charge >= 0.3 is 0 Å². The van der Waals surface area contributed by atoms with Crippen LogP contribution in [-0.4, -0.2) is 42.5 Å². The molecule has 9 rings (SSSR count). The summed E-state index contributed by atoms with van der Waals surface area (Å²) in [5.74, 6) is -4.72. The monoisotopic (exact) mass is 679 g/mol. The number of para-hydroxylation sites is 1. The molecule has 0 aliphatic carbocycles. The highest BCUT2D eigenvalue weighted by molar-refractivity contribution is 8.05. The van der Waals surface area contributed by atoms with Gasteiger partial charge in [0.1, 0.15) is 6.67 Å². The van der Waals surface area contributed by atoms with Crippen LogP contribution >= 0.6 is 23.1 Å². The Hall–Kier alpha value is -5.97. The van der Waals surface area contributed by atoms with Gasteiger partial charge in [0.2, 0.25) is 17.2 Å². The van der Waals surface area contributed by atoms with Crippen LogP contribution in [0.5, 0.6) is 28.7 Å². The van der Waals surface area contributed by atoms with Crippen molar-refractivity contribution in [2.75, 3.05) is 0 Å². The van der Waals surface area contributed by atoms with Gasteiger partial charge in [0.25, 0.3) is 0 Å². The van der Waals surface area contributed by atoms with Crippen LogP contribution in [0.3, 0.4) is 0 Å². The molecule has 1 aliphatic rings. The molecule has 0 saturated carbocycles. The van der Waals surface area contributed by atoms with E-state index in [0.717, 1.165) is 37.7 Å². The summed E-state index contributed by atoms with van der Waals surface area (Å²) in [6.07, 6.45) is 0. The lowest BCUT2D eigenvalue weighted by atomic mass is 9.99. The molecule has 8 nitrogen and oxygen atoms in total. The maximum atomic E-state index is 10.9. The molecule has 0 bridgehead atoms. The fourth-order valence-electron chi connectivity index (χ4n) is 7.02. The van der Waals surface area contributed by atoms with Crippen molar-refractivity contribution in [2.24, 2.45) is 9.98 Å². The van der Waals surface area contributed by atoms with Gasteiger partial charge in [0.15, 0.2) is 11.5 Å². The molecule has 2 aromatic heterocycles. The van der Waals surface area contributed by atoms with Crippen molar-refractivity contribution >= 4 is 94.0 Å². The highest BCUT2D eigenvalue weighted by Crippen LogP contribution is 2.56. The Labute approximate surface area is 286 Å². The number of fused-ring (bicyclic) bond motifs is 11. The molecule has 0 unspecified atom stereocenters. The van der Waals surface area contributed by atoms with Gasteiger partial charge in [0, 0.05) is 36.7 Å². The smallest absolute Gasteiger partial charge is 0.208 e. The van der Waals surface area contributed by atoms with Crippen molar-refractivity contribution in [3.05, 3.63) is 113 Å². The number of hydrogen-bond acceptors (Lipinski definition) is 9. The summed E-state index contributed by atoms with van der Waals surface area (Å²) in [6, 6.07) is 33.0. The molecule has 8 aromatic rings. The van der Waals surface area contributed by atoms with Gasteiger partial charge in [-0.15, -0.1) is 11.3 Å². The lowest BCUT2D eigenvalue weighted by molar-refractivity contribution is 0.327. The van der Waals surface area contributed by atoms with E-state index in [1.54, 1.807) is 11.3 Å². The van der Waals surface area contributed by atoms with E-state index in [9.17, 15) is 25.5 Å². The average Bonchev–Trinajstić information content (AvgIpc) is 3.81. The maximum Gasteiger partial charge on any atom is 0.208 e. The number of rotatable bonds is 4. The fourth-order valence-corrected chi connectivity index (χ4v) is 9.48. The molecule has 238 valence electrons. The number of benzene rings is 6. The number of allylic oxidation sites excluding steroid dienone is 1. The number of nitrogens with zero attached hydrogens (tertiary/aromatic N) is 3. The standard InChI is InChI=1S/C39H25N3O5S2/c1-40-31(29-33(43)35(45)37(47)36(46)34(29)44)39-30(23-14-6-9-17-26(23)49-39)41-18-42-24-15-7-4-12-21(24)27-19-10-2-3-11-20(19)28-22-13-5-8-16-25(22)48-38(28)32(27)42/h2-17,43-47H,1,18H2/b39-31+,41-30-. The molecule has 0 amide bonds. The van der Waals surface area contributed by atoms with Gasteiger partial charge in [-0.3, -0.25) is 9.98 Å². The Bertz CT molecular complexity index is 2780. The summed E-state index contributed by atoms with van der Waals surface area (Å²) < 4.78 is 4.60. The zero-order valence-electron chi connectivity index (χ0n) is 25.5. The first-order valence-corrected chi connectivity index (χ1v) is 17.0. The molecule has 1 aliphatic heterocycles. The number of phenolic OH excluding ortho intramolecular Hbond substituents is 5. The van der Waals surface area contributed by atoms with Gasteiger partial charge in [-0.25, -0.2) is 0 Å². The van der Waals surface area contributed by atoms with Crippen LogP contribution in [-0.2, 0) is 6.67 Å². The fraction of sp³-hybridized carbons (Fsp3) is 0.0256. The Balaban J connectivity index is 1.35. The summed E-state index contributed by atoms with van der Waals surface area (Å²) >= 11 is 3.08. The van der Waals surface area contributed by atoms with Crippen molar-refractivity contribution in [3.63, 3.8) is 0 Å². The van der Waals surface area contributed by atoms with Gasteiger partial charge in [-0.1, -0.05) is 90.6 Å². The van der Waals surface area contributed by atoms with E-state index in [1.807, 2.05) is 30.3 Å². The summed E-state index contributed by atoms with van der Waals surface area (Å²) in [7, 11) is 0. The van der Waals surface area contributed by atoms with Crippen molar-refractivity contribution < 1.29 is 25.5 Å². The highest BCUT2D eigenvalue weighted by atomic mass is 32.2. The maximum absolute atomic E-state index is 10.9. The second-order valence-corrected chi connectivity index (χ2v) is 13.8. The van der Waals surface area contributed by atoms with Crippen LogP contribution in [0.15, 0.2) is 117 Å². The summed E-state index contributed by atoms with van der Waals surface area (Å²) in [4.78, 5) is 10.7. The molecule has 49 heavy (non-hydrogen) atoms. The van der Waals surface area contributed by atoms with E-state index in [0.29, 0.717) is 10.6 Å². The molecular weight excluding hydrogens is 655 g/mol. The Morgan fingerprint density at radius 1 is 0.653 bits per heavy atom. The van der Waals surface area contributed by atoms with Gasteiger partial charge in [0.05, 0.1) is 37.6 Å². The lowest BCUT2D eigenvalue weighted by Crippen LogP contribution is -2.04. The number of aromatic nitrogens is 1. The lowest BCUT2D eigenvalue weighted by Gasteiger charge is -2.14. The van der Waals surface area contributed by atoms with Crippen LogP contribution in [0, 0.1) is 0 Å². The van der Waals surface area contributed by atoms with Crippen LogP contribution in [0.1, 0.15) is 11.1 Å². The van der Waals surface area contributed by atoms with E-state index in [-0.39, 0.29) is 17.9 Å². The molecule has 0 spiro atoms. The van der Waals surface area contributed by atoms with Gasteiger partial charge in [-0.05, 0) is 35.7 Å². The Kier molecular flexibility index (Phi) is 6.42. The highest BCUT2D eigenvalue weighted by Gasteiger charge is 2.33. The largest absolute Gasteiger partial charge is 0.504 e. The van der Waals surface area contributed by atoms with Crippen LogP contribution in [0.4, 0.5) is 0 Å².